The maximum absolute atomic E-state index is 6.36. The number of benzene rings is 5. The van der Waals surface area contributed by atoms with Crippen LogP contribution in [0.25, 0.3) is 47.9 Å². The first-order chi connectivity index (χ1) is 13.7. The Morgan fingerprint density at radius 3 is 2.04 bits per heavy atom. The lowest BCUT2D eigenvalue weighted by atomic mass is 9.89. The molecule has 5 rings (SSSR count). The number of rotatable bonds is 2. The van der Waals surface area contributed by atoms with Gasteiger partial charge in [-0.05, 0) is 55.6 Å². The molecule has 1 nitrogen and oxygen atoms in total. The molecule has 0 heterocycles. The van der Waals surface area contributed by atoms with Crippen LogP contribution in [0.5, 0.6) is 5.75 Å². The zero-order chi connectivity index (χ0) is 19.3. The topological polar surface area (TPSA) is 9.23 Å². The molecule has 0 amide bonds. The quantitative estimate of drug-likeness (QED) is 0.226. The Balaban J connectivity index is 1.98. The number of fused-ring (bicyclic) bond motifs is 2. The van der Waals surface area contributed by atoms with Gasteiger partial charge in [0.25, 0.3) is 0 Å². The molecular formula is C25H16Cl2O. The molecule has 0 saturated carbocycles. The summed E-state index contributed by atoms with van der Waals surface area (Å²) in [5.41, 5.74) is 2.32. The van der Waals surface area contributed by atoms with Gasteiger partial charge in [0.05, 0.1) is 7.11 Å². The van der Waals surface area contributed by atoms with Crippen molar-refractivity contribution in [1.82, 2.24) is 0 Å². The van der Waals surface area contributed by atoms with Gasteiger partial charge < -0.3 is 4.74 Å². The average Bonchev–Trinajstić information content (AvgIpc) is 2.74. The number of hydrogen-bond donors (Lipinski definition) is 0. The molecule has 0 unspecified atom stereocenters. The van der Waals surface area contributed by atoms with Crippen LogP contribution in [0.2, 0.25) is 0 Å². The molecule has 0 atom stereocenters. The molecule has 0 radical (unpaired) electrons. The summed E-state index contributed by atoms with van der Waals surface area (Å²) in [6.07, 6.45) is 0. The second-order valence-corrected chi connectivity index (χ2v) is 7.75. The molecule has 0 fully saturated rings. The maximum Gasteiger partial charge on any atom is 0.118 e. The monoisotopic (exact) mass is 402 g/mol. The largest absolute Gasteiger partial charge is 0.497 e. The van der Waals surface area contributed by atoms with E-state index in [2.05, 4.69) is 60.7 Å². The molecule has 0 spiro atoms. The number of hydrogen-bond acceptors (Lipinski definition) is 1. The van der Waals surface area contributed by atoms with E-state index in [9.17, 15) is 0 Å². The van der Waals surface area contributed by atoms with Crippen molar-refractivity contribution in [2.45, 2.75) is 0 Å². The summed E-state index contributed by atoms with van der Waals surface area (Å²) in [7, 11) is 1.68. The third-order valence-corrected chi connectivity index (χ3v) is 5.76. The van der Waals surface area contributed by atoms with Gasteiger partial charge in [0.15, 0.2) is 0 Å². The lowest BCUT2D eigenvalue weighted by molar-refractivity contribution is 0.415. The van der Waals surface area contributed by atoms with Gasteiger partial charge in [-0.3, -0.25) is 0 Å². The molecule has 0 aliphatic heterocycles. The first-order valence-corrected chi connectivity index (χ1v) is 9.80. The van der Waals surface area contributed by atoms with E-state index < -0.39 is 0 Å². The molecule has 5 aromatic rings. The van der Waals surface area contributed by atoms with Crippen molar-refractivity contribution in [3.05, 3.63) is 84.1 Å². The van der Waals surface area contributed by atoms with Crippen molar-refractivity contribution in [3.8, 4) is 16.9 Å². The van der Waals surface area contributed by atoms with Gasteiger partial charge in [0.2, 0.25) is 0 Å². The highest BCUT2D eigenvalue weighted by Crippen LogP contribution is 2.37. The number of halogens is 2. The van der Waals surface area contributed by atoms with E-state index in [1.165, 1.54) is 21.7 Å². The molecule has 28 heavy (non-hydrogen) atoms. The Kier molecular flexibility index (Phi) is 4.16. The average molecular weight is 403 g/mol. The van der Waals surface area contributed by atoms with Crippen molar-refractivity contribution in [3.63, 3.8) is 0 Å². The van der Waals surface area contributed by atoms with Crippen molar-refractivity contribution in [2.75, 3.05) is 7.11 Å². The predicted molar refractivity (Wildman–Crippen MR) is 121 cm³/mol. The smallest absolute Gasteiger partial charge is 0.118 e. The normalized spacial score (nSPS) is 11.4. The van der Waals surface area contributed by atoms with Crippen LogP contribution in [-0.4, -0.2) is 7.11 Å². The SMILES string of the molecule is COc1ccc(-c2ccc3c4ccccc4c(=C(Cl)Cl)c4cccc2c43)cc1. The van der Waals surface area contributed by atoms with Crippen molar-refractivity contribution in [1.29, 1.82) is 0 Å². The van der Waals surface area contributed by atoms with Crippen LogP contribution in [0.4, 0.5) is 0 Å². The second-order valence-electron chi connectivity index (χ2n) is 6.80. The second kappa shape index (κ2) is 6.70. The molecule has 0 aromatic heterocycles. The van der Waals surface area contributed by atoms with E-state index in [4.69, 9.17) is 27.9 Å². The van der Waals surface area contributed by atoms with Gasteiger partial charge in [-0.15, -0.1) is 0 Å². The molecule has 0 aliphatic rings. The van der Waals surface area contributed by atoms with Gasteiger partial charge >= 0.3 is 0 Å². The fourth-order valence-corrected chi connectivity index (χ4v) is 4.55. The Morgan fingerprint density at radius 1 is 0.643 bits per heavy atom. The van der Waals surface area contributed by atoms with Crippen LogP contribution in [-0.2, 0) is 0 Å². The van der Waals surface area contributed by atoms with Crippen molar-refractivity contribution in [2.24, 2.45) is 0 Å². The summed E-state index contributed by atoms with van der Waals surface area (Å²) in [5, 5.41) is 7.76. The highest BCUT2D eigenvalue weighted by Gasteiger charge is 2.14. The Morgan fingerprint density at radius 2 is 1.32 bits per heavy atom. The first kappa shape index (κ1) is 17.4. The van der Waals surface area contributed by atoms with E-state index in [1.54, 1.807) is 7.11 Å². The van der Waals surface area contributed by atoms with Crippen molar-refractivity contribution >= 4 is 60.0 Å². The zero-order valence-corrected chi connectivity index (χ0v) is 16.7. The van der Waals surface area contributed by atoms with E-state index >= 15 is 0 Å². The minimum absolute atomic E-state index is 0.292. The highest BCUT2D eigenvalue weighted by molar-refractivity contribution is 6.74. The van der Waals surface area contributed by atoms with E-state index in [1.807, 2.05) is 18.2 Å². The molecule has 136 valence electrons. The van der Waals surface area contributed by atoms with Crippen LogP contribution in [0.1, 0.15) is 0 Å². The van der Waals surface area contributed by atoms with Crippen LogP contribution >= 0.6 is 23.2 Å². The van der Waals surface area contributed by atoms with Gasteiger partial charge in [-0.1, -0.05) is 89.9 Å². The fourth-order valence-electron chi connectivity index (χ4n) is 4.15. The molecule has 5 aromatic carbocycles. The Hall–Kier alpha value is -2.74. The summed E-state index contributed by atoms with van der Waals surface area (Å²) in [5.74, 6) is 0.847. The molecule has 0 bridgehead atoms. The number of ether oxygens (including phenoxy) is 1. The summed E-state index contributed by atoms with van der Waals surface area (Å²) in [6, 6.07) is 27.1. The molecule has 0 saturated heterocycles. The molecule has 0 N–H and O–H groups in total. The summed E-state index contributed by atoms with van der Waals surface area (Å²) in [4.78, 5) is 0. The van der Waals surface area contributed by atoms with E-state index in [-0.39, 0.29) is 0 Å². The standard InChI is InChI=1S/C25H16Cl2O/c1-28-16-11-9-15(10-12-16)17-13-14-21-18-5-2-3-6-20(18)24(25(26)27)22-8-4-7-19(17)23(21)22/h2-14H,1H3. The van der Waals surface area contributed by atoms with Crippen LogP contribution in [0, 0.1) is 0 Å². The molecular weight excluding hydrogens is 387 g/mol. The maximum atomic E-state index is 6.36. The fraction of sp³-hybridized carbons (Fsp3) is 0.0400. The van der Waals surface area contributed by atoms with E-state index in [0.717, 1.165) is 32.7 Å². The Bertz CT molecular complexity index is 1400. The zero-order valence-electron chi connectivity index (χ0n) is 15.2. The Labute approximate surface area is 172 Å². The third kappa shape index (κ3) is 2.55. The van der Waals surface area contributed by atoms with Crippen LogP contribution in [0.3, 0.4) is 0 Å². The highest BCUT2D eigenvalue weighted by atomic mass is 35.5. The lowest BCUT2D eigenvalue weighted by Gasteiger charge is -2.15. The van der Waals surface area contributed by atoms with Gasteiger partial charge in [0, 0.05) is 5.22 Å². The third-order valence-electron chi connectivity index (χ3n) is 5.39. The first-order valence-electron chi connectivity index (χ1n) is 9.04. The minimum atomic E-state index is 0.292. The molecule has 3 heteroatoms. The van der Waals surface area contributed by atoms with E-state index in [0.29, 0.717) is 4.49 Å². The van der Waals surface area contributed by atoms with Crippen molar-refractivity contribution < 1.29 is 4.74 Å². The number of methoxy groups -OCH3 is 1. The summed E-state index contributed by atoms with van der Waals surface area (Å²) >= 11 is 12.7. The minimum Gasteiger partial charge on any atom is -0.497 e. The summed E-state index contributed by atoms with van der Waals surface area (Å²) in [6.45, 7) is 0. The van der Waals surface area contributed by atoms with Crippen LogP contribution < -0.4 is 9.96 Å². The van der Waals surface area contributed by atoms with Crippen LogP contribution in [0.15, 0.2) is 78.9 Å². The van der Waals surface area contributed by atoms with Gasteiger partial charge in [-0.2, -0.15) is 0 Å². The summed E-state index contributed by atoms with van der Waals surface area (Å²) < 4.78 is 5.59. The molecule has 0 aliphatic carbocycles. The predicted octanol–water partition coefficient (Wildman–Crippen LogP) is 7.08. The lowest BCUT2D eigenvalue weighted by Crippen LogP contribution is -2.06. The van der Waals surface area contributed by atoms with Gasteiger partial charge in [0.1, 0.15) is 10.2 Å². The van der Waals surface area contributed by atoms with Gasteiger partial charge in [-0.25, -0.2) is 0 Å².